The highest BCUT2D eigenvalue weighted by molar-refractivity contribution is 7.13. The van der Waals surface area contributed by atoms with E-state index in [4.69, 9.17) is 4.52 Å². The van der Waals surface area contributed by atoms with Crippen molar-refractivity contribution in [3.8, 4) is 10.7 Å². The van der Waals surface area contributed by atoms with E-state index in [2.05, 4.69) is 20.8 Å². The number of anilines is 1. The molecule has 0 saturated heterocycles. The monoisotopic (exact) mass is 387 g/mol. The SMILES string of the molecule is O=C(CCc1nc(-c2cccs2)no1)NCCNc1ccccc1[N+](=O)[O-]. The van der Waals surface area contributed by atoms with Gasteiger partial charge in [-0.3, -0.25) is 14.9 Å². The Labute approximate surface area is 158 Å². The molecule has 27 heavy (non-hydrogen) atoms. The predicted molar refractivity (Wildman–Crippen MR) is 101 cm³/mol. The van der Waals surface area contributed by atoms with Gasteiger partial charge in [0.05, 0.1) is 9.80 Å². The maximum atomic E-state index is 11.9. The van der Waals surface area contributed by atoms with Gasteiger partial charge in [0.15, 0.2) is 0 Å². The van der Waals surface area contributed by atoms with Crippen LogP contribution in [0.25, 0.3) is 10.7 Å². The molecule has 3 rings (SSSR count). The van der Waals surface area contributed by atoms with Crippen molar-refractivity contribution in [2.24, 2.45) is 0 Å². The van der Waals surface area contributed by atoms with Crippen LogP contribution in [-0.2, 0) is 11.2 Å². The van der Waals surface area contributed by atoms with E-state index in [1.807, 2.05) is 17.5 Å². The maximum Gasteiger partial charge on any atom is 0.292 e. The van der Waals surface area contributed by atoms with Crippen LogP contribution in [0.1, 0.15) is 12.3 Å². The molecule has 10 heteroatoms. The molecule has 2 N–H and O–H groups in total. The van der Waals surface area contributed by atoms with Crippen LogP contribution in [-0.4, -0.2) is 34.1 Å². The molecular formula is C17H17N5O4S. The molecule has 0 atom stereocenters. The summed E-state index contributed by atoms with van der Waals surface area (Å²) in [7, 11) is 0. The molecule has 0 bridgehead atoms. The molecule has 1 amide bonds. The third-order valence-corrected chi connectivity index (χ3v) is 4.50. The maximum absolute atomic E-state index is 11.9. The van der Waals surface area contributed by atoms with E-state index in [0.717, 1.165) is 4.88 Å². The quantitative estimate of drug-likeness (QED) is 0.329. The topological polar surface area (TPSA) is 123 Å². The number of nitro groups is 1. The number of hydrogen-bond donors (Lipinski definition) is 2. The van der Waals surface area contributed by atoms with Crippen LogP contribution in [0.2, 0.25) is 0 Å². The number of amides is 1. The van der Waals surface area contributed by atoms with Crippen molar-refractivity contribution in [1.29, 1.82) is 0 Å². The van der Waals surface area contributed by atoms with E-state index >= 15 is 0 Å². The number of rotatable bonds is 9. The summed E-state index contributed by atoms with van der Waals surface area (Å²) in [6.07, 6.45) is 0.569. The van der Waals surface area contributed by atoms with Crippen molar-refractivity contribution in [2.45, 2.75) is 12.8 Å². The molecule has 0 aliphatic rings. The van der Waals surface area contributed by atoms with Crippen LogP contribution in [0.5, 0.6) is 0 Å². The highest BCUT2D eigenvalue weighted by Crippen LogP contribution is 2.23. The second-order valence-corrected chi connectivity index (χ2v) is 6.49. The first-order chi connectivity index (χ1) is 13.1. The van der Waals surface area contributed by atoms with Gasteiger partial charge in [-0.2, -0.15) is 4.98 Å². The Bertz CT molecular complexity index is 910. The summed E-state index contributed by atoms with van der Waals surface area (Å²) in [5.74, 6) is 0.774. The lowest BCUT2D eigenvalue weighted by atomic mass is 10.2. The van der Waals surface area contributed by atoms with E-state index in [1.165, 1.54) is 17.4 Å². The molecule has 0 saturated carbocycles. The van der Waals surface area contributed by atoms with Gasteiger partial charge in [-0.1, -0.05) is 23.4 Å². The summed E-state index contributed by atoms with van der Waals surface area (Å²) in [5.41, 5.74) is 0.422. The average molecular weight is 387 g/mol. The molecule has 0 unspecified atom stereocenters. The molecular weight excluding hydrogens is 370 g/mol. The van der Waals surface area contributed by atoms with Crippen LogP contribution in [0, 0.1) is 10.1 Å². The number of aromatic nitrogens is 2. The van der Waals surface area contributed by atoms with Crippen molar-refractivity contribution < 1.29 is 14.2 Å². The fourth-order valence-electron chi connectivity index (χ4n) is 2.35. The number of thiophene rings is 1. The summed E-state index contributed by atoms with van der Waals surface area (Å²) < 4.78 is 5.15. The Kier molecular flexibility index (Phi) is 6.10. The van der Waals surface area contributed by atoms with E-state index < -0.39 is 4.92 Å². The minimum atomic E-state index is -0.449. The Hall–Kier alpha value is -3.27. The standard InChI is InChI=1S/C17H17N5O4S/c23-15(7-8-16-20-17(21-26-16)14-6-3-11-27-14)19-10-9-18-12-4-1-2-5-13(12)22(24)25/h1-6,11,18H,7-10H2,(H,19,23). The first-order valence-corrected chi connectivity index (χ1v) is 9.12. The molecule has 2 aromatic heterocycles. The number of nitrogens with one attached hydrogen (secondary N) is 2. The minimum absolute atomic E-state index is 0.00163. The lowest BCUT2D eigenvalue weighted by Gasteiger charge is -2.08. The summed E-state index contributed by atoms with van der Waals surface area (Å²) in [6.45, 7) is 0.717. The summed E-state index contributed by atoms with van der Waals surface area (Å²) >= 11 is 1.51. The number of benzene rings is 1. The Morgan fingerprint density at radius 3 is 2.85 bits per heavy atom. The van der Waals surface area contributed by atoms with Crippen molar-refractivity contribution in [1.82, 2.24) is 15.5 Å². The lowest BCUT2D eigenvalue weighted by molar-refractivity contribution is -0.384. The highest BCUT2D eigenvalue weighted by Gasteiger charge is 2.12. The van der Waals surface area contributed by atoms with Crippen LogP contribution in [0.3, 0.4) is 0 Å². The zero-order valence-electron chi connectivity index (χ0n) is 14.3. The number of nitrogens with zero attached hydrogens (tertiary/aromatic N) is 3. The minimum Gasteiger partial charge on any atom is -0.378 e. The van der Waals surface area contributed by atoms with Crippen LogP contribution in [0.15, 0.2) is 46.3 Å². The van der Waals surface area contributed by atoms with Gasteiger partial charge in [0.1, 0.15) is 5.69 Å². The number of carbonyl (C=O) groups is 1. The number of nitro benzene ring substituents is 1. The van der Waals surface area contributed by atoms with Crippen molar-refractivity contribution >= 4 is 28.6 Å². The van der Waals surface area contributed by atoms with Gasteiger partial charge in [0.2, 0.25) is 17.6 Å². The number of hydrogen-bond acceptors (Lipinski definition) is 8. The van der Waals surface area contributed by atoms with Gasteiger partial charge in [-0.25, -0.2) is 0 Å². The van der Waals surface area contributed by atoms with Gasteiger partial charge in [0.25, 0.3) is 5.69 Å². The first-order valence-electron chi connectivity index (χ1n) is 8.24. The largest absolute Gasteiger partial charge is 0.378 e. The van der Waals surface area contributed by atoms with Crippen LogP contribution >= 0.6 is 11.3 Å². The van der Waals surface area contributed by atoms with E-state index in [9.17, 15) is 14.9 Å². The molecule has 0 radical (unpaired) electrons. The van der Waals surface area contributed by atoms with E-state index in [0.29, 0.717) is 36.9 Å². The summed E-state index contributed by atoms with van der Waals surface area (Å²) in [5, 5.41) is 22.5. The molecule has 9 nitrogen and oxygen atoms in total. The fourth-order valence-corrected chi connectivity index (χ4v) is 3.00. The molecule has 0 aliphatic carbocycles. The zero-order chi connectivity index (χ0) is 19.1. The van der Waals surface area contributed by atoms with Gasteiger partial charge >= 0.3 is 0 Å². The molecule has 3 aromatic rings. The van der Waals surface area contributed by atoms with Crippen molar-refractivity contribution in [3.05, 3.63) is 57.8 Å². The summed E-state index contributed by atoms with van der Waals surface area (Å²) in [4.78, 5) is 27.6. The second kappa shape index (κ2) is 8.90. The second-order valence-electron chi connectivity index (χ2n) is 5.54. The van der Waals surface area contributed by atoms with Gasteiger partial charge in [-0.15, -0.1) is 11.3 Å². The van der Waals surface area contributed by atoms with Gasteiger partial charge in [-0.05, 0) is 17.5 Å². The Balaban J connectivity index is 1.39. The summed E-state index contributed by atoms with van der Waals surface area (Å²) in [6, 6.07) is 10.2. The van der Waals surface area contributed by atoms with Crippen LogP contribution in [0.4, 0.5) is 11.4 Å². The van der Waals surface area contributed by atoms with E-state index in [1.54, 1.807) is 18.2 Å². The number of para-hydroxylation sites is 2. The molecule has 2 heterocycles. The smallest absolute Gasteiger partial charge is 0.292 e. The normalized spacial score (nSPS) is 10.5. The molecule has 0 fully saturated rings. The molecule has 1 aromatic carbocycles. The predicted octanol–water partition coefficient (Wildman–Crippen LogP) is 2.87. The molecule has 0 spiro atoms. The third-order valence-electron chi connectivity index (χ3n) is 3.64. The van der Waals surface area contributed by atoms with Crippen LogP contribution < -0.4 is 10.6 Å². The van der Waals surface area contributed by atoms with E-state index in [-0.39, 0.29) is 18.0 Å². The number of aryl methyl sites for hydroxylation is 1. The van der Waals surface area contributed by atoms with Crippen molar-refractivity contribution in [3.63, 3.8) is 0 Å². The Morgan fingerprint density at radius 2 is 2.07 bits per heavy atom. The van der Waals surface area contributed by atoms with Gasteiger partial charge in [0, 0.05) is 32.0 Å². The fraction of sp³-hybridized carbons (Fsp3) is 0.235. The van der Waals surface area contributed by atoms with Gasteiger partial charge < -0.3 is 15.2 Å². The first kappa shape index (κ1) is 18.5. The average Bonchev–Trinajstić information content (AvgIpc) is 3.35. The zero-order valence-corrected chi connectivity index (χ0v) is 15.1. The highest BCUT2D eigenvalue weighted by atomic mass is 32.1. The lowest BCUT2D eigenvalue weighted by Crippen LogP contribution is -2.29. The molecule has 0 aliphatic heterocycles. The third kappa shape index (κ3) is 5.11. The Morgan fingerprint density at radius 1 is 1.22 bits per heavy atom. The number of carbonyl (C=O) groups excluding carboxylic acids is 1. The van der Waals surface area contributed by atoms with Crippen molar-refractivity contribution in [2.75, 3.05) is 18.4 Å². The molecule has 140 valence electrons.